The summed E-state index contributed by atoms with van der Waals surface area (Å²) in [5.74, 6) is -1.45. The summed E-state index contributed by atoms with van der Waals surface area (Å²) in [6, 6.07) is 8.14. The fraction of sp³-hybridized carbons (Fsp3) is 0.296. The van der Waals surface area contributed by atoms with Crippen LogP contribution in [0.25, 0.3) is 0 Å². The summed E-state index contributed by atoms with van der Waals surface area (Å²) in [6.07, 6.45) is -14.5. The molecular formula is C27H21F9N2O3. The van der Waals surface area contributed by atoms with Crippen LogP contribution in [0.5, 0.6) is 5.75 Å². The number of halogens is 9. The molecule has 1 N–H and O–H groups in total. The van der Waals surface area contributed by atoms with Crippen LogP contribution in [0.1, 0.15) is 30.5 Å². The molecule has 2 amide bonds. The van der Waals surface area contributed by atoms with Crippen LogP contribution in [0.2, 0.25) is 0 Å². The van der Waals surface area contributed by atoms with E-state index in [2.05, 4.69) is 4.74 Å². The second-order valence-corrected chi connectivity index (χ2v) is 9.57. The van der Waals surface area contributed by atoms with Crippen LogP contribution in [0.15, 0.2) is 72.8 Å². The predicted octanol–water partition coefficient (Wildman–Crippen LogP) is 7.94. The molecular weight excluding hydrogens is 571 g/mol. The SMILES string of the molecule is CC(C)C1N(c2ccc(C(F)(F)F)cc2)C(=O)N(c2ccc(C(F)(F)F)cc2)C1(O)c1cccc(OC(F)(F)F)c1. The van der Waals surface area contributed by atoms with E-state index in [0.29, 0.717) is 29.2 Å². The molecule has 14 heteroatoms. The molecule has 1 heterocycles. The first-order chi connectivity index (χ1) is 18.8. The summed E-state index contributed by atoms with van der Waals surface area (Å²) < 4.78 is 122. The summed E-state index contributed by atoms with van der Waals surface area (Å²) in [4.78, 5) is 15.6. The number of hydrogen-bond acceptors (Lipinski definition) is 3. The minimum Gasteiger partial charge on any atom is -0.406 e. The van der Waals surface area contributed by atoms with Crippen molar-refractivity contribution in [1.82, 2.24) is 0 Å². The van der Waals surface area contributed by atoms with Gasteiger partial charge in [0.1, 0.15) is 5.75 Å². The van der Waals surface area contributed by atoms with Gasteiger partial charge in [0.15, 0.2) is 5.72 Å². The number of ether oxygens (including phenoxy) is 1. The summed E-state index contributed by atoms with van der Waals surface area (Å²) in [5, 5.41) is 12.3. The quantitative estimate of drug-likeness (QED) is 0.306. The van der Waals surface area contributed by atoms with Gasteiger partial charge >= 0.3 is 24.7 Å². The predicted molar refractivity (Wildman–Crippen MR) is 129 cm³/mol. The number of nitrogens with zero attached hydrogens (tertiary/aromatic N) is 2. The third-order valence-corrected chi connectivity index (χ3v) is 6.48. The van der Waals surface area contributed by atoms with Gasteiger partial charge in [-0.05, 0) is 66.6 Å². The maximum atomic E-state index is 13.9. The van der Waals surface area contributed by atoms with Crippen molar-refractivity contribution < 1.29 is 54.2 Å². The molecule has 41 heavy (non-hydrogen) atoms. The van der Waals surface area contributed by atoms with E-state index in [9.17, 15) is 49.4 Å². The minimum atomic E-state index is -5.11. The molecule has 3 aromatic rings. The van der Waals surface area contributed by atoms with Gasteiger partial charge in [-0.2, -0.15) is 26.3 Å². The van der Waals surface area contributed by atoms with Gasteiger partial charge in [0.2, 0.25) is 0 Å². The smallest absolute Gasteiger partial charge is 0.406 e. The molecule has 0 spiro atoms. The van der Waals surface area contributed by atoms with Crippen LogP contribution in [-0.4, -0.2) is 23.5 Å². The van der Waals surface area contributed by atoms with Gasteiger partial charge in [0.05, 0.1) is 17.2 Å². The molecule has 1 aliphatic heterocycles. The molecule has 0 saturated carbocycles. The van der Waals surface area contributed by atoms with Crippen LogP contribution >= 0.6 is 0 Å². The van der Waals surface area contributed by atoms with E-state index in [1.165, 1.54) is 6.07 Å². The third-order valence-electron chi connectivity index (χ3n) is 6.48. The molecule has 0 aromatic heterocycles. The van der Waals surface area contributed by atoms with Gasteiger partial charge < -0.3 is 9.84 Å². The zero-order chi connectivity index (χ0) is 30.5. The molecule has 1 aliphatic rings. The monoisotopic (exact) mass is 592 g/mol. The Bertz CT molecular complexity index is 1400. The van der Waals surface area contributed by atoms with Crippen molar-refractivity contribution in [3.05, 3.63) is 89.5 Å². The second kappa shape index (κ2) is 10.2. The van der Waals surface area contributed by atoms with E-state index in [1.54, 1.807) is 13.8 Å². The molecule has 1 fully saturated rings. The van der Waals surface area contributed by atoms with E-state index in [1.807, 2.05) is 0 Å². The van der Waals surface area contributed by atoms with Gasteiger partial charge in [0.25, 0.3) is 0 Å². The summed E-state index contributed by atoms with van der Waals surface area (Å²) in [5.41, 5.74) is -5.28. The first-order valence-corrected chi connectivity index (χ1v) is 11.9. The first-order valence-electron chi connectivity index (χ1n) is 11.9. The number of hydrogen-bond donors (Lipinski definition) is 1. The maximum absolute atomic E-state index is 13.9. The molecule has 3 aromatic carbocycles. The van der Waals surface area contributed by atoms with Crippen LogP contribution in [0.4, 0.5) is 55.7 Å². The molecule has 0 radical (unpaired) electrons. The van der Waals surface area contributed by atoms with Crippen LogP contribution < -0.4 is 14.5 Å². The molecule has 2 atom stereocenters. The van der Waals surface area contributed by atoms with Crippen molar-refractivity contribution in [3.63, 3.8) is 0 Å². The summed E-state index contributed by atoms with van der Waals surface area (Å²) in [6.45, 7) is 3.10. The average Bonchev–Trinajstić information content (AvgIpc) is 3.10. The lowest BCUT2D eigenvalue weighted by atomic mass is 9.86. The zero-order valence-corrected chi connectivity index (χ0v) is 21.1. The number of alkyl halides is 9. The molecule has 4 rings (SSSR count). The first kappa shape index (κ1) is 30.0. The Hall–Kier alpha value is -3.94. The minimum absolute atomic E-state index is 0.0998. The standard InChI is InChI=1S/C27H21F9N2O3/c1-15(2)22-24(40,18-4-3-5-21(14-18)41-27(34,35)36)38(20-12-8-17(9-13-20)26(31,32)33)23(39)37(22)19-10-6-16(7-11-19)25(28,29)30/h3-15,22,40H,1-2H3. The number of anilines is 2. The third kappa shape index (κ3) is 5.78. The topological polar surface area (TPSA) is 53.0 Å². The van der Waals surface area contributed by atoms with Crippen LogP contribution in [0, 0.1) is 5.92 Å². The average molecular weight is 592 g/mol. The lowest BCUT2D eigenvalue weighted by Gasteiger charge is -2.39. The Morgan fingerprint density at radius 1 is 0.780 bits per heavy atom. The summed E-state index contributed by atoms with van der Waals surface area (Å²) in [7, 11) is 0. The number of benzene rings is 3. The number of urea groups is 1. The van der Waals surface area contributed by atoms with Crippen molar-refractivity contribution in [2.75, 3.05) is 9.80 Å². The molecule has 0 bridgehead atoms. The van der Waals surface area contributed by atoms with Crippen LogP contribution in [0.3, 0.4) is 0 Å². The fourth-order valence-electron chi connectivity index (χ4n) is 4.86. The van der Waals surface area contributed by atoms with Crippen molar-refractivity contribution >= 4 is 17.4 Å². The van der Waals surface area contributed by atoms with E-state index >= 15 is 0 Å². The van der Waals surface area contributed by atoms with E-state index in [0.717, 1.165) is 47.4 Å². The van der Waals surface area contributed by atoms with Gasteiger partial charge in [-0.3, -0.25) is 9.80 Å². The molecule has 2 unspecified atom stereocenters. The highest BCUT2D eigenvalue weighted by atomic mass is 19.4. The van der Waals surface area contributed by atoms with Crippen molar-refractivity contribution in [2.24, 2.45) is 5.92 Å². The maximum Gasteiger partial charge on any atom is 0.573 e. The van der Waals surface area contributed by atoms with Gasteiger partial charge in [0, 0.05) is 16.9 Å². The Balaban J connectivity index is 1.93. The summed E-state index contributed by atoms with van der Waals surface area (Å²) >= 11 is 0. The molecule has 5 nitrogen and oxygen atoms in total. The van der Waals surface area contributed by atoms with Gasteiger partial charge in [-0.25, -0.2) is 4.79 Å². The number of amides is 2. The fourth-order valence-corrected chi connectivity index (χ4v) is 4.86. The second-order valence-electron chi connectivity index (χ2n) is 9.57. The Morgan fingerprint density at radius 3 is 1.71 bits per heavy atom. The molecule has 220 valence electrons. The Labute approximate surface area is 227 Å². The highest BCUT2D eigenvalue weighted by Gasteiger charge is 2.60. The Morgan fingerprint density at radius 2 is 1.27 bits per heavy atom. The Kier molecular flexibility index (Phi) is 7.44. The van der Waals surface area contributed by atoms with Crippen molar-refractivity contribution in [2.45, 2.75) is 44.3 Å². The van der Waals surface area contributed by atoms with Crippen LogP contribution in [-0.2, 0) is 18.1 Å². The number of rotatable bonds is 5. The molecule has 0 aliphatic carbocycles. The van der Waals surface area contributed by atoms with E-state index in [4.69, 9.17) is 0 Å². The van der Waals surface area contributed by atoms with Crippen molar-refractivity contribution in [1.29, 1.82) is 0 Å². The van der Waals surface area contributed by atoms with E-state index < -0.39 is 59.3 Å². The molecule has 1 saturated heterocycles. The lowest BCUT2D eigenvalue weighted by molar-refractivity contribution is -0.274. The number of aliphatic hydroxyl groups is 1. The highest BCUT2D eigenvalue weighted by molar-refractivity contribution is 6.08. The largest absolute Gasteiger partial charge is 0.573 e. The van der Waals surface area contributed by atoms with Crippen molar-refractivity contribution in [3.8, 4) is 5.75 Å². The van der Waals surface area contributed by atoms with E-state index in [-0.39, 0.29) is 16.9 Å². The zero-order valence-electron chi connectivity index (χ0n) is 21.1. The van der Waals surface area contributed by atoms with Gasteiger partial charge in [-0.15, -0.1) is 13.2 Å². The number of carbonyl (C=O) groups is 1. The highest BCUT2D eigenvalue weighted by Crippen LogP contribution is 2.48. The normalized spacial score (nSPS) is 20.2. The number of carbonyl (C=O) groups excluding carboxylic acids is 1. The lowest BCUT2D eigenvalue weighted by Crippen LogP contribution is -2.52. The van der Waals surface area contributed by atoms with Gasteiger partial charge in [-0.1, -0.05) is 26.0 Å².